The Bertz CT molecular complexity index is 575. The molecule has 2 amide bonds. The molecule has 0 fully saturated rings. The first-order valence-corrected chi connectivity index (χ1v) is 7.22. The van der Waals surface area contributed by atoms with E-state index in [4.69, 9.17) is 10.00 Å². The Balaban J connectivity index is 2.25. The first-order chi connectivity index (χ1) is 9.95. The Labute approximate surface area is 125 Å². The van der Waals surface area contributed by atoms with Crippen molar-refractivity contribution in [3.05, 3.63) is 29.3 Å². The molecule has 0 aromatic heterocycles. The van der Waals surface area contributed by atoms with Gasteiger partial charge in [0.05, 0.1) is 17.7 Å². The number of nitrogens with one attached hydrogen (secondary N) is 2. The second-order valence-corrected chi connectivity index (χ2v) is 5.88. The van der Waals surface area contributed by atoms with E-state index in [0.29, 0.717) is 18.5 Å². The predicted octanol–water partition coefficient (Wildman–Crippen LogP) is 2.87. The van der Waals surface area contributed by atoms with Crippen LogP contribution in [0.15, 0.2) is 18.2 Å². The van der Waals surface area contributed by atoms with Gasteiger partial charge in [-0.15, -0.1) is 0 Å². The van der Waals surface area contributed by atoms with Crippen LogP contribution in [0.3, 0.4) is 0 Å². The summed E-state index contributed by atoms with van der Waals surface area (Å²) in [6.07, 6.45) is 1.55. The molecule has 21 heavy (non-hydrogen) atoms. The lowest BCUT2D eigenvalue weighted by Crippen LogP contribution is -2.44. The zero-order valence-electron chi connectivity index (χ0n) is 12.7. The van der Waals surface area contributed by atoms with Gasteiger partial charge in [-0.2, -0.15) is 5.26 Å². The molecule has 1 heterocycles. The minimum atomic E-state index is -0.357. The standard InChI is InChI=1S/C16H21N3O2/c1-4-7-18-15(20)19-13-9-16(2,3)21-14-6-5-11(10-17)8-12(13)14/h5-6,8,13H,4,7,9H2,1-3H3,(H2,18,19,20). The number of carbonyl (C=O) groups excluding carboxylic acids is 1. The predicted molar refractivity (Wildman–Crippen MR) is 80.0 cm³/mol. The highest BCUT2D eigenvalue weighted by Gasteiger charge is 2.34. The van der Waals surface area contributed by atoms with Crippen LogP contribution in [-0.2, 0) is 0 Å². The lowest BCUT2D eigenvalue weighted by atomic mass is 9.89. The van der Waals surface area contributed by atoms with Crippen LogP contribution in [0.2, 0.25) is 0 Å². The topological polar surface area (TPSA) is 74.2 Å². The monoisotopic (exact) mass is 287 g/mol. The van der Waals surface area contributed by atoms with Crippen LogP contribution in [0.4, 0.5) is 4.79 Å². The van der Waals surface area contributed by atoms with Crippen LogP contribution in [0.5, 0.6) is 5.75 Å². The van der Waals surface area contributed by atoms with Gasteiger partial charge in [0.1, 0.15) is 11.4 Å². The van der Waals surface area contributed by atoms with Crippen LogP contribution in [0.25, 0.3) is 0 Å². The smallest absolute Gasteiger partial charge is 0.315 e. The lowest BCUT2D eigenvalue weighted by Gasteiger charge is -2.38. The summed E-state index contributed by atoms with van der Waals surface area (Å²) >= 11 is 0. The van der Waals surface area contributed by atoms with E-state index < -0.39 is 0 Å². The highest BCUT2D eigenvalue weighted by Crippen LogP contribution is 2.39. The van der Waals surface area contributed by atoms with Crippen molar-refractivity contribution in [1.82, 2.24) is 10.6 Å². The Kier molecular flexibility index (Phi) is 4.37. The molecular formula is C16H21N3O2. The van der Waals surface area contributed by atoms with Crippen molar-refractivity contribution < 1.29 is 9.53 Å². The largest absolute Gasteiger partial charge is 0.487 e. The van der Waals surface area contributed by atoms with Gasteiger partial charge in [0.2, 0.25) is 0 Å². The molecule has 1 aromatic carbocycles. The van der Waals surface area contributed by atoms with Crippen LogP contribution >= 0.6 is 0 Å². The molecule has 0 radical (unpaired) electrons. The summed E-state index contributed by atoms with van der Waals surface area (Å²) in [6, 6.07) is 7.09. The molecular weight excluding hydrogens is 266 g/mol. The number of urea groups is 1. The molecule has 5 nitrogen and oxygen atoms in total. The quantitative estimate of drug-likeness (QED) is 0.897. The summed E-state index contributed by atoms with van der Waals surface area (Å²) in [5.74, 6) is 0.728. The van der Waals surface area contributed by atoms with Gasteiger partial charge in [0.25, 0.3) is 0 Å². The van der Waals surface area contributed by atoms with E-state index in [0.717, 1.165) is 17.7 Å². The number of benzene rings is 1. The molecule has 1 aliphatic rings. The van der Waals surface area contributed by atoms with Crippen molar-refractivity contribution in [3.8, 4) is 11.8 Å². The van der Waals surface area contributed by atoms with Crippen molar-refractivity contribution in [2.24, 2.45) is 0 Å². The van der Waals surface area contributed by atoms with Crippen molar-refractivity contribution in [3.63, 3.8) is 0 Å². The number of fused-ring (bicyclic) bond motifs is 1. The van der Waals surface area contributed by atoms with Crippen molar-refractivity contribution in [2.45, 2.75) is 45.3 Å². The van der Waals surface area contributed by atoms with E-state index in [1.807, 2.05) is 20.8 Å². The van der Waals surface area contributed by atoms with Gasteiger partial charge in [-0.05, 0) is 38.5 Å². The van der Waals surface area contributed by atoms with Crippen LogP contribution < -0.4 is 15.4 Å². The molecule has 1 atom stereocenters. The molecule has 112 valence electrons. The summed E-state index contributed by atoms with van der Waals surface area (Å²) in [4.78, 5) is 11.9. The van der Waals surface area contributed by atoms with Crippen LogP contribution in [0.1, 0.15) is 50.8 Å². The van der Waals surface area contributed by atoms with E-state index in [1.165, 1.54) is 0 Å². The number of hydrogen-bond acceptors (Lipinski definition) is 3. The fourth-order valence-corrected chi connectivity index (χ4v) is 2.50. The van der Waals surface area contributed by atoms with Crippen molar-refractivity contribution in [2.75, 3.05) is 6.54 Å². The van der Waals surface area contributed by atoms with Crippen LogP contribution in [0, 0.1) is 11.3 Å². The average molecular weight is 287 g/mol. The fourth-order valence-electron chi connectivity index (χ4n) is 2.50. The Morgan fingerprint density at radius 2 is 2.29 bits per heavy atom. The van der Waals surface area contributed by atoms with Gasteiger partial charge in [0, 0.05) is 18.5 Å². The molecule has 0 saturated carbocycles. The van der Waals surface area contributed by atoms with E-state index in [9.17, 15) is 4.79 Å². The third-order valence-corrected chi connectivity index (χ3v) is 3.44. The van der Waals surface area contributed by atoms with E-state index in [1.54, 1.807) is 18.2 Å². The Morgan fingerprint density at radius 3 is 2.95 bits per heavy atom. The number of hydrogen-bond donors (Lipinski definition) is 2. The Hall–Kier alpha value is -2.22. The number of nitrogens with zero attached hydrogens (tertiary/aromatic N) is 1. The van der Waals surface area contributed by atoms with E-state index in [-0.39, 0.29) is 17.7 Å². The molecule has 1 unspecified atom stereocenters. The van der Waals surface area contributed by atoms with Gasteiger partial charge in [-0.25, -0.2) is 4.79 Å². The molecule has 0 aliphatic carbocycles. The third-order valence-electron chi connectivity index (χ3n) is 3.44. The third kappa shape index (κ3) is 3.66. The van der Waals surface area contributed by atoms with E-state index >= 15 is 0 Å². The Morgan fingerprint density at radius 1 is 1.52 bits per heavy atom. The second-order valence-electron chi connectivity index (χ2n) is 5.88. The maximum absolute atomic E-state index is 11.9. The maximum Gasteiger partial charge on any atom is 0.315 e. The zero-order chi connectivity index (χ0) is 15.5. The number of carbonyl (C=O) groups is 1. The minimum absolute atomic E-state index is 0.158. The summed E-state index contributed by atoms with van der Waals surface area (Å²) in [7, 11) is 0. The highest BCUT2D eigenvalue weighted by atomic mass is 16.5. The molecule has 2 N–H and O–H groups in total. The van der Waals surface area contributed by atoms with Crippen LogP contribution in [-0.4, -0.2) is 18.2 Å². The molecule has 1 aliphatic heterocycles. The van der Waals surface area contributed by atoms with Gasteiger partial charge >= 0.3 is 6.03 Å². The second kappa shape index (κ2) is 6.04. The molecule has 2 rings (SSSR count). The summed E-state index contributed by atoms with van der Waals surface area (Å²) in [5, 5.41) is 14.8. The van der Waals surface area contributed by atoms with Crippen molar-refractivity contribution in [1.29, 1.82) is 5.26 Å². The number of amides is 2. The number of nitriles is 1. The number of ether oxygens (including phenoxy) is 1. The maximum atomic E-state index is 11.9. The normalized spacial score (nSPS) is 18.9. The summed E-state index contributed by atoms with van der Waals surface area (Å²) in [6.45, 7) is 6.63. The molecule has 5 heteroatoms. The average Bonchev–Trinajstić information content (AvgIpc) is 2.43. The first kappa shape index (κ1) is 15.2. The summed E-state index contributed by atoms with van der Waals surface area (Å²) in [5.41, 5.74) is 1.07. The fraction of sp³-hybridized carbons (Fsp3) is 0.500. The molecule has 0 saturated heterocycles. The van der Waals surface area contributed by atoms with Gasteiger partial charge in [0.15, 0.2) is 0 Å². The zero-order valence-corrected chi connectivity index (χ0v) is 12.7. The minimum Gasteiger partial charge on any atom is -0.487 e. The van der Waals surface area contributed by atoms with Gasteiger partial charge < -0.3 is 15.4 Å². The number of rotatable bonds is 3. The van der Waals surface area contributed by atoms with Crippen molar-refractivity contribution >= 4 is 6.03 Å². The van der Waals surface area contributed by atoms with Gasteiger partial charge in [-0.3, -0.25) is 0 Å². The van der Waals surface area contributed by atoms with Gasteiger partial charge in [-0.1, -0.05) is 6.92 Å². The SMILES string of the molecule is CCCNC(=O)NC1CC(C)(C)Oc2ccc(C#N)cc21. The highest BCUT2D eigenvalue weighted by molar-refractivity contribution is 5.74. The molecule has 0 bridgehead atoms. The molecule has 0 spiro atoms. The van der Waals surface area contributed by atoms with E-state index in [2.05, 4.69) is 16.7 Å². The lowest BCUT2D eigenvalue weighted by molar-refractivity contribution is 0.0679. The first-order valence-electron chi connectivity index (χ1n) is 7.22. The summed E-state index contributed by atoms with van der Waals surface area (Å²) < 4.78 is 5.93. The molecule has 1 aromatic rings.